The average Bonchev–Trinajstić information content (AvgIpc) is 2.40. The molecule has 18 heavy (non-hydrogen) atoms. The molecule has 0 atom stereocenters. The minimum absolute atomic E-state index is 0.0668. The van der Waals surface area contributed by atoms with Crippen LogP contribution in [-0.2, 0) is 0 Å². The Balaban J connectivity index is 2.78. The SMILES string of the molecule is CCC(CC)CN(CC)c1ccc(C(C)=O)cn1. The van der Waals surface area contributed by atoms with Crippen molar-refractivity contribution >= 4 is 11.6 Å². The summed E-state index contributed by atoms with van der Waals surface area (Å²) >= 11 is 0. The minimum Gasteiger partial charge on any atom is -0.357 e. The number of carbonyl (C=O) groups excluding carboxylic acids is 1. The van der Waals surface area contributed by atoms with Gasteiger partial charge in [0.25, 0.3) is 0 Å². The number of pyridine rings is 1. The lowest BCUT2D eigenvalue weighted by atomic mass is 10.0. The van der Waals surface area contributed by atoms with Gasteiger partial charge in [-0.2, -0.15) is 0 Å². The van der Waals surface area contributed by atoms with Crippen LogP contribution in [0.5, 0.6) is 0 Å². The fourth-order valence-electron chi connectivity index (χ4n) is 2.02. The molecule has 1 rings (SSSR count). The van der Waals surface area contributed by atoms with Crippen molar-refractivity contribution in [3.05, 3.63) is 23.9 Å². The predicted octanol–water partition coefficient (Wildman–Crippen LogP) is 3.55. The Morgan fingerprint density at radius 3 is 2.33 bits per heavy atom. The number of nitrogens with zero attached hydrogens (tertiary/aromatic N) is 2. The average molecular weight is 248 g/mol. The molecule has 0 aromatic carbocycles. The summed E-state index contributed by atoms with van der Waals surface area (Å²) in [5.41, 5.74) is 0.678. The van der Waals surface area contributed by atoms with E-state index in [4.69, 9.17) is 0 Å². The van der Waals surface area contributed by atoms with Crippen LogP contribution in [0.15, 0.2) is 18.3 Å². The molecule has 1 aromatic heterocycles. The van der Waals surface area contributed by atoms with E-state index in [-0.39, 0.29) is 5.78 Å². The number of ketones is 1. The first-order chi connectivity index (χ1) is 8.62. The molecule has 0 saturated carbocycles. The van der Waals surface area contributed by atoms with Gasteiger partial charge >= 0.3 is 0 Å². The zero-order valence-corrected chi connectivity index (χ0v) is 11.9. The molecular formula is C15H24N2O. The lowest BCUT2D eigenvalue weighted by Crippen LogP contribution is -2.29. The summed E-state index contributed by atoms with van der Waals surface area (Å²) in [5, 5.41) is 0. The van der Waals surface area contributed by atoms with Crippen LogP contribution in [0, 0.1) is 5.92 Å². The summed E-state index contributed by atoms with van der Waals surface area (Å²) in [6.07, 6.45) is 4.06. The molecule has 0 unspecified atom stereocenters. The number of hydrogen-bond acceptors (Lipinski definition) is 3. The van der Waals surface area contributed by atoms with Gasteiger partial charge in [-0.15, -0.1) is 0 Å². The van der Waals surface area contributed by atoms with Gasteiger partial charge in [-0.25, -0.2) is 4.98 Å². The van der Waals surface area contributed by atoms with Gasteiger partial charge < -0.3 is 4.90 Å². The molecule has 0 N–H and O–H groups in total. The van der Waals surface area contributed by atoms with Crippen molar-refractivity contribution in [2.24, 2.45) is 5.92 Å². The summed E-state index contributed by atoms with van der Waals surface area (Å²) < 4.78 is 0. The van der Waals surface area contributed by atoms with Gasteiger partial charge in [-0.05, 0) is 31.9 Å². The van der Waals surface area contributed by atoms with E-state index in [1.165, 1.54) is 12.8 Å². The molecule has 3 heteroatoms. The van der Waals surface area contributed by atoms with Gasteiger partial charge in [0.15, 0.2) is 5.78 Å². The first kappa shape index (κ1) is 14.7. The van der Waals surface area contributed by atoms with Crippen molar-refractivity contribution in [3.8, 4) is 0 Å². The predicted molar refractivity (Wildman–Crippen MR) is 76.2 cm³/mol. The fraction of sp³-hybridized carbons (Fsp3) is 0.600. The number of hydrogen-bond donors (Lipinski definition) is 0. The van der Waals surface area contributed by atoms with Crippen molar-refractivity contribution in [3.63, 3.8) is 0 Å². The van der Waals surface area contributed by atoms with E-state index in [0.29, 0.717) is 11.5 Å². The molecule has 0 saturated heterocycles. The molecule has 0 spiro atoms. The van der Waals surface area contributed by atoms with E-state index < -0.39 is 0 Å². The molecule has 3 nitrogen and oxygen atoms in total. The van der Waals surface area contributed by atoms with Gasteiger partial charge in [0, 0.05) is 24.8 Å². The Hall–Kier alpha value is -1.38. The lowest BCUT2D eigenvalue weighted by molar-refractivity contribution is 0.101. The highest BCUT2D eigenvalue weighted by Gasteiger charge is 2.12. The van der Waals surface area contributed by atoms with Gasteiger partial charge in [-0.1, -0.05) is 26.7 Å². The van der Waals surface area contributed by atoms with Crippen molar-refractivity contribution in [1.29, 1.82) is 0 Å². The van der Waals surface area contributed by atoms with Crippen molar-refractivity contribution < 1.29 is 4.79 Å². The highest BCUT2D eigenvalue weighted by molar-refractivity contribution is 5.93. The van der Waals surface area contributed by atoms with Crippen LogP contribution in [0.25, 0.3) is 0 Å². The van der Waals surface area contributed by atoms with Gasteiger partial charge in [0.1, 0.15) is 5.82 Å². The first-order valence-electron chi connectivity index (χ1n) is 6.84. The standard InChI is InChI=1S/C15H24N2O/c1-5-13(6-2)11-17(7-3)15-9-8-14(10-16-15)12(4)18/h8-10,13H,5-7,11H2,1-4H3. The zero-order chi connectivity index (χ0) is 13.5. The quantitative estimate of drug-likeness (QED) is 0.692. The fourth-order valence-corrected chi connectivity index (χ4v) is 2.02. The Kier molecular flexibility index (Phi) is 5.83. The molecule has 0 aliphatic carbocycles. The molecule has 0 aliphatic rings. The Labute approximate surface area is 110 Å². The van der Waals surface area contributed by atoms with Gasteiger partial charge in [0.05, 0.1) is 0 Å². The first-order valence-corrected chi connectivity index (χ1v) is 6.84. The summed E-state index contributed by atoms with van der Waals surface area (Å²) in [6, 6.07) is 3.81. The number of carbonyl (C=O) groups is 1. The molecule has 100 valence electrons. The molecule has 0 bridgehead atoms. The van der Waals surface area contributed by atoms with Crippen LogP contribution in [-0.4, -0.2) is 23.9 Å². The highest BCUT2D eigenvalue weighted by atomic mass is 16.1. The third kappa shape index (κ3) is 3.83. The van der Waals surface area contributed by atoms with E-state index in [0.717, 1.165) is 18.9 Å². The summed E-state index contributed by atoms with van der Waals surface area (Å²) in [5.74, 6) is 1.74. The summed E-state index contributed by atoms with van der Waals surface area (Å²) in [6.45, 7) is 10.2. The number of aromatic nitrogens is 1. The monoisotopic (exact) mass is 248 g/mol. The van der Waals surface area contributed by atoms with Gasteiger partial charge in [0.2, 0.25) is 0 Å². The van der Waals surface area contributed by atoms with Crippen molar-refractivity contribution in [2.45, 2.75) is 40.5 Å². The molecule has 0 aliphatic heterocycles. The number of rotatable bonds is 7. The van der Waals surface area contributed by atoms with Crippen LogP contribution in [0.2, 0.25) is 0 Å². The number of Topliss-reactive ketones (excluding diaryl/α,β-unsaturated/α-hetero) is 1. The Morgan fingerprint density at radius 1 is 1.28 bits per heavy atom. The lowest BCUT2D eigenvalue weighted by Gasteiger charge is -2.26. The molecule has 0 amide bonds. The third-order valence-corrected chi connectivity index (χ3v) is 3.49. The largest absolute Gasteiger partial charge is 0.357 e. The maximum Gasteiger partial charge on any atom is 0.161 e. The highest BCUT2D eigenvalue weighted by Crippen LogP contribution is 2.16. The second-order valence-corrected chi connectivity index (χ2v) is 4.68. The van der Waals surface area contributed by atoms with Crippen LogP contribution < -0.4 is 4.90 Å². The van der Waals surface area contributed by atoms with Crippen LogP contribution in [0.4, 0.5) is 5.82 Å². The van der Waals surface area contributed by atoms with E-state index in [2.05, 4.69) is 30.7 Å². The van der Waals surface area contributed by atoms with E-state index >= 15 is 0 Å². The van der Waals surface area contributed by atoms with Crippen LogP contribution in [0.1, 0.15) is 50.9 Å². The molecule has 0 fully saturated rings. The minimum atomic E-state index is 0.0668. The third-order valence-electron chi connectivity index (χ3n) is 3.49. The summed E-state index contributed by atoms with van der Waals surface area (Å²) in [7, 11) is 0. The molecule has 0 radical (unpaired) electrons. The topological polar surface area (TPSA) is 33.2 Å². The number of anilines is 1. The summed E-state index contributed by atoms with van der Waals surface area (Å²) in [4.78, 5) is 17.9. The van der Waals surface area contributed by atoms with Crippen molar-refractivity contribution in [1.82, 2.24) is 4.98 Å². The Bertz CT molecular complexity index is 369. The maximum atomic E-state index is 11.2. The van der Waals surface area contributed by atoms with Crippen molar-refractivity contribution in [2.75, 3.05) is 18.0 Å². The van der Waals surface area contributed by atoms with Gasteiger partial charge in [-0.3, -0.25) is 4.79 Å². The van der Waals surface area contributed by atoms with Crippen LogP contribution >= 0.6 is 0 Å². The molecule has 1 aromatic rings. The molecule has 1 heterocycles. The van der Waals surface area contributed by atoms with E-state index in [9.17, 15) is 4.79 Å². The maximum absolute atomic E-state index is 11.2. The smallest absolute Gasteiger partial charge is 0.161 e. The normalized spacial score (nSPS) is 10.7. The van der Waals surface area contributed by atoms with E-state index in [1.54, 1.807) is 13.1 Å². The zero-order valence-electron chi connectivity index (χ0n) is 11.9. The Morgan fingerprint density at radius 2 is 1.94 bits per heavy atom. The second-order valence-electron chi connectivity index (χ2n) is 4.68. The molecular weight excluding hydrogens is 224 g/mol. The van der Waals surface area contributed by atoms with Crippen LogP contribution in [0.3, 0.4) is 0 Å². The second kappa shape index (κ2) is 7.14. The van der Waals surface area contributed by atoms with E-state index in [1.807, 2.05) is 12.1 Å².